The van der Waals surface area contributed by atoms with Crippen LogP contribution in [0.1, 0.15) is 51.4 Å². The third kappa shape index (κ3) is 6.92. The van der Waals surface area contributed by atoms with Gasteiger partial charge in [0, 0.05) is 26.1 Å². The average Bonchev–Trinajstić information content (AvgIpc) is 2.98. The van der Waals surface area contributed by atoms with Crippen LogP contribution >= 0.6 is 22.9 Å². The molecule has 3 heterocycles. The number of nitrogens with zero attached hydrogens (tertiary/aromatic N) is 2. The van der Waals surface area contributed by atoms with Crippen molar-refractivity contribution in [1.29, 1.82) is 0 Å². The van der Waals surface area contributed by atoms with Crippen LogP contribution in [0.2, 0.25) is 4.34 Å². The van der Waals surface area contributed by atoms with E-state index >= 15 is 0 Å². The van der Waals surface area contributed by atoms with Crippen LogP contribution in [0.4, 0.5) is 0 Å². The van der Waals surface area contributed by atoms with Gasteiger partial charge in [-0.2, -0.15) is 4.31 Å². The topological polar surface area (TPSA) is 69.7 Å². The molecule has 9 heteroatoms. The Hall–Kier alpha value is -0.670. The number of nitrogens with one attached hydrogen (secondary N) is 1. The summed E-state index contributed by atoms with van der Waals surface area (Å²) in [6.07, 6.45) is 8.19. The van der Waals surface area contributed by atoms with Gasteiger partial charge in [-0.3, -0.25) is 4.79 Å². The Morgan fingerprint density at radius 3 is 2.41 bits per heavy atom. The molecule has 1 amide bonds. The largest absolute Gasteiger partial charge is 0.356 e. The third-order valence-electron chi connectivity index (χ3n) is 5.86. The van der Waals surface area contributed by atoms with Crippen molar-refractivity contribution in [1.82, 2.24) is 14.5 Å². The predicted octanol–water partition coefficient (Wildman–Crippen LogP) is 3.57. The summed E-state index contributed by atoms with van der Waals surface area (Å²) in [5, 5.41) is 3.04. The molecule has 0 aliphatic carbocycles. The first-order valence-electron chi connectivity index (χ1n) is 10.7. The monoisotopic (exact) mass is 461 g/mol. The van der Waals surface area contributed by atoms with E-state index in [-0.39, 0.29) is 11.8 Å². The predicted molar refractivity (Wildman–Crippen MR) is 118 cm³/mol. The second-order valence-corrected chi connectivity index (χ2v) is 11.9. The van der Waals surface area contributed by atoms with Gasteiger partial charge in [0.2, 0.25) is 5.91 Å². The lowest BCUT2D eigenvalue weighted by atomic mass is 9.94. The second kappa shape index (κ2) is 11.1. The molecule has 2 fully saturated rings. The van der Waals surface area contributed by atoms with Crippen molar-refractivity contribution in [3.63, 3.8) is 0 Å². The summed E-state index contributed by atoms with van der Waals surface area (Å²) in [5.41, 5.74) is 0. The first kappa shape index (κ1) is 23.0. The zero-order chi connectivity index (χ0) is 20.7. The van der Waals surface area contributed by atoms with Crippen LogP contribution < -0.4 is 5.32 Å². The number of hydrogen-bond donors (Lipinski definition) is 1. The number of piperidine rings is 1. The summed E-state index contributed by atoms with van der Waals surface area (Å²) in [6.45, 7) is 5.08. The molecule has 0 spiro atoms. The maximum Gasteiger partial charge on any atom is 0.252 e. The Morgan fingerprint density at radius 1 is 1.10 bits per heavy atom. The SMILES string of the molecule is O=C(CC1CCN(S(=O)(=O)c2ccc(Cl)s2)CC1)NCCCN1CCCCCC1. The molecule has 1 N–H and O–H groups in total. The molecule has 1 aromatic rings. The van der Waals surface area contributed by atoms with E-state index in [2.05, 4.69) is 10.2 Å². The highest BCUT2D eigenvalue weighted by atomic mass is 35.5. The first-order valence-corrected chi connectivity index (χ1v) is 13.3. The average molecular weight is 462 g/mol. The fraction of sp³-hybridized carbons (Fsp3) is 0.750. The highest BCUT2D eigenvalue weighted by Crippen LogP contribution is 2.31. The minimum Gasteiger partial charge on any atom is -0.356 e. The van der Waals surface area contributed by atoms with E-state index in [4.69, 9.17) is 11.6 Å². The standard InChI is InChI=1S/C20H32ClN3O3S2/c21-18-6-7-20(28-18)29(26,27)24-14-8-17(9-15-24)16-19(25)22-10-5-13-23-11-3-1-2-4-12-23/h6-7,17H,1-5,8-16H2,(H,22,25). The van der Waals surface area contributed by atoms with Gasteiger partial charge in [-0.15, -0.1) is 11.3 Å². The Balaban J connectivity index is 1.33. The molecule has 0 aromatic carbocycles. The summed E-state index contributed by atoms with van der Waals surface area (Å²) in [6, 6.07) is 3.18. The molecule has 6 nitrogen and oxygen atoms in total. The molecule has 0 bridgehead atoms. The highest BCUT2D eigenvalue weighted by Gasteiger charge is 2.31. The van der Waals surface area contributed by atoms with Crippen molar-refractivity contribution in [2.75, 3.05) is 39.3 Å². The number of thiophene rings is 1. The van der Waals surface area contributed by atoms with Crippen LogP contribution in [0.25, 0.3) is 0 Å². The van der Waals surface area contributed by atoms with E-state index in [1.165, 1.54) is 43.1 Å². The van der Waals surface area contributed by atoms with Crippen LogP contribution in [-0.4, -0.2) is 62.8 Å². The number of carbonyl (C=O) groups is 1. The highest BCUT2D eigenvalue weighted by molar-refractivity contribution is 7.91. The fourth-order valence-electron chi connectivity index (χ4n) is 4.14. The van der Waals surface area contributed by atoms with Gasteiger partial charge in [-0.1, -0.05) is 24.4 Å². The van der Waals surface area contributed by atoms with Crippen LogP contribution in [0.3, 0.4) is 0 Å². The quantitative estimate of drug-likeness (QED) is 0.601. The maximum absolute atomic E-state index is 12.7. The molecular formula is C20H32ClN3O3S2. The Kier molecular flexibility index (Phi) is 8.80. The molecule has 2 aliphatic rings. The van der Waals surface area contributed by atoms with E-state index in [0.717, 1.165) is 43.7 Å². The molecule has 1 aromatic heterocycles. The van der Waals surface area contributed by atoms with Gasteiger partial charge in [0.15, 0.2) is 0 Å². The van der Waals surface area contributed by atoms with Crippen LogP contribution in [0, 0.1) is 5.92 Å². The van der Waals surface area contributed by atoms with Crippen molar-refractivity contribution in [3.05, 3.63) is 16.5 Å². The molecular weight excluding hydrogens is 430 g/mol. The summed E-state index contributed by atoms with van der Waals surface area (Å²) < 4.78 is 27.6. The Labute approximate surface area is 183 Å². The molecule has 2 aliphatic heterocycles. The van der Waals surface area contributed by atoms with Crippen molar-refractivity contribution >= 4 is 38.9 Å². The minimum absolute atomic E-state index is 0.0900. The third-order valence-corrected chi connectivity index (χ3v) is 9.46. The normalized spacial score (nSPS) is 20.4. The van der Waals surface area contributed by atoms with Gasteiger partial charge in [-0.05, 0) is 69.8 Å². The van der Waals surface area contributed by atoms with Gasteiger partial charge in [0.05, 0.1) is 4.34 Å². The summed E-state index contributed by atoms with van der Waals surface area (Å²) in [4.78, 5) is 14.8. The van der Waals surface area contributed by atoms with Crippen molar-refractivity contribution in [2.24, 2.45) is 5.92 Å². The van der Waals surface area contributed by atoms with Gasteiger partial charge >= 0.3 is 0 Å². The van der Waals surface area contributed by atoms with Gasteiger partial charge in [0.25, 0.3) is 10.0 Å². The summed E-state index contributed by atoms with van der Waals surface area (Å²) >= 11 is 6.97. The first-order chi connectivity index (χ1) is 13.9. The smallest absolute Gasteiger partial charge is 0.252 e. The number of amides is 1. The molecule has 3 rings (SSSR count). The van der Waals surface area contributed by atoms with Crippen molar-refractivity contribution in [3.8, 4) is 0 Å². The molecule has 0 unspecified atom stereocenters. The maximum atomic E-state index is 12.7. The summed E-state index contributed by atoms with van der Waals surface area (Å²) in [7, 11) is -3.46. The Morgan fingerprint density at radius 2 is 1.79 bits per heavy atom. The second-order valence-electron chi connectivity index (χ2n) is 8.07. The number of sulfonamides is 1. The van der Waals surface area contributed by atoms with E-state index in [0.29, 0.717) is 28.1 Å². The molecule has 0 saturated carbocycles. The molecule has 29 heavy (non-hydrogen) atoms. The van der Waals surface area contributed by atoms with Crippen molar-refractivity contribution in [2.45, 2.75) is 55.6 Å². The lowest BCUT2D eigenvalue weighted by molar-refractivity contribution is -0.122. The molecule has 2 saturated heterocycles. The Bertz CT molecular complexity index is 753. The van der Waals surface area contributed by atoms with Crippen molar-refractivity contribution < 1.29 is 13.2 Å². The van der Waals surface area contributed by atoms with Crippen LogP contribution in [0.5, 0.6) is 0 Å². The lowest BCUT2D eigenvalue weighted by Crippen LogP contribution is -2.39. The lowest BCUT2D eigenvalue weighted by Gasteiger charge is -2.30. The van der Waals surface area contributed by atoms with Crippen LogP contribution in [0.15, 0.2) is 16.3 Å². The number of halogens is 1. The molecule has 164 valence electrons. The van der Waals surface area contributed by atoms with Gasteiger partial charge < -0.3 is 10.2 Å². The van der Waals surface area contributed by atoms with E-state index in [1.54, 1.807) is 12.1 Å². The van der Waals surface area contributed by atoms with E-state index in [9.17, 15) is 13.2 Å². The summed E-state index contributed by atoms with van der Waals surface area (Å²) in [5.74, 6) is 0.339. The van der Waals surface area contributed by atoms with Gasteiger partial charge in [0.1, 0.15) is 4.21 Å². The zero-order valence-electron chi connectivity index (χ0n) is 16.9. The van der Waals surface area contributed by atoms with E-state index < -0.39 is 10.0 Å². The van der Waals surface area contributed by atoms with Crippen LogP contribution in [-0.2, 0) is 14.8 Å². The number of likely N-dealkylation sites (tertiary alicyclic amines) is 1. The minimum atomic E-state index is -3.46. The number of rotatable bonds is 8. The number of carbonyl (C=O) groups excluding carboxylic acids is 1. The fourth-order valence-corrected chi connectivity index (χ4v) is 7.25. The molecule has 0 radical (unpaired) electrons. The zero-order valence-corrected chi connectivity index (χ0v) is 19.3. The number of hydrogen-bond acceptors (Lipinski definition) is 5. The van der Waals surface area contributed by atoms with Gasteiger partial charge in [-0.25, -0.2) is 8.42 Å². The molecule has 0 atom stereocenters. The van der Waals surface area contributed by atoms with E-state index in [1.807, 2.05) is 0 Å².